The van der Waals surface area contributed by atoms with Crippen LogP contribution in [-0.2, 0) is 0 Å². The van der Waals surface area contributed by atoms with E-state index in [1.54, 1.807) is 0 Å². The van der Waals surface area contributed by atoms with Crippen molar-refractivity contribution in [1.29, 1.82) is 0 Å². The van der Waals surface area contributed by atoms with Crippen molar-refractivity contribution in [2.24, 2.45) is 0 Å². The summed E-state index contributed by atoms with van der Waals surface area (Å²) in [4.78, 5) is 0. The molecule has 0 N–H and O–H groups in total. The zero-order valence-electron chi connectivity index (χ0n) is 9.79. The summed E-state index contributed by atoms with van der Waals surface area (Å²) >= 11 is 0. The Hall–Kier alpha value is -1.08. The van der Waals surface area contributed by atoms with Crippen molar-refractivity contribution in [3.05, 3.63) is 55.1 Å². The third-order valence-corrected chi connectivity index (χ3v) is 5.96. The van der Waals surface area contributed by atoms with Crippen LogP contribution < -0.4 is 5.19 Å². The van der Waals surface area contributed by atoms with Gasteiger partial charge in [-0.25, -0.2) is 0 Å². The summed E-state index contributed by atoms with van der Waals surface area (Å²) in [6, 6.07) is 12.0. The van der Waals surface area contributed by atoms with Crippen molar-refractivity contribution in [3.63, 3.8) is 0 Å². The van der Waals surface area contributed by atoms with Crippen LogP contribution in [0.1, 0.15) is 6.42 Å². The Balaban J connectivity index is 2.75. The Morgan fingerprint density at radius 2 is 1.87 bits per heavy atom. The number of rotatable bonds is 5. The van der Waals surface area contributed by atoms with E-state index in [-0.39, 0.29) is 0 Å². The third kappa shape index (κ3) is 3.52. The molecular formula is C14H20Si. The molecule has 1 aromatic rings. The first kappa shape index (κ1) is 12.0. The highest BCUT2D eigenvalue weighted by atomic mass is 28.3. The molecule has 0 radical (unpaired) electrons. The Morgan fingerprint density at radius 1 is 1.27 bits per heavy atom. The molecule has 0 aliphatic heterocycles. The zero-order valence-corrected chi connectivity index (χ0v) is 10.8. The molecule has 0 bridgehead atoms. The predicted molar refractivity (Wildman–Crippen MR) is 72.3 cm³/mol. The Labute approximate surface area is 94.4 Å². The molecule has 1 aromatic carbocycles. The summed E-state index contributed by atoms with van der Waals surface area (Å²) in [5.74, 6) is 0. The van der Waals surface area contributed by atoms with Crippen LogP contribution in [0.5, 0.6) is 0 Å². The molecule has 0 aliphatic rings. The highest BCUT2D eigenvalue weighted by Crippen LogP contribution is 2.17. The van der Waals surface area contributed by atoms with Gasteiger partial charge in [0, 0.05) is 0 Å². The van der Waals surface area contributed by atoms with Gasteiger partial charge in [-0.3, -0.25) is 0 Å². The van der Waals surface area contributed by atoms with Gasteiger partial charge < -0.3 is 0 Å². The van der Waals surface area contributed by atoms with Crippen molar-refractivity contribution >= 4 is 13.3 Å². The molecule has 0 aliphatic carbocycles. The number of hydrogen-bond donors (Lipinski definition) is 0. The van der Waals surface area contributed by atoms with Crippen molar-refractivity contribution in [3.8, 4) is 0 Å². The maximum atomic E-state index is 4.12. The zero-order chi connectivity index (χ0) is 11.3. The predicted octanol–water partition coefficient (Wildman–Crippen LogP) is 3.73. The molecule has 0 amide bonds. The molecule has 0 atom stereocenters. The fraction of sp³-hybridized carbons (Fsp3) is 0.286. The smallest absolute Gasteiger partial charge is 0.0845 e. The molecule has 0 aromatic heterocycles. The Morgan fingerprint density at radius 3 is 2.40 bits per heavy atom. The molecule has 80 valence electrons. The summed E-state index contributed by atoms with van der Waals surface area (Å²) in [6.45, 7) is 12.7. The van der Waals surface area contributed by atoms with E-state index in [4.69, 9.17) is 0 Å². The van der Waals surface area contributed by atoms with Crippen molar-refractivity contribution in [2.45, 2.75) is 25.6 Å². The Kier molecular flexibility index (Phi) is 4.10. The largest absolute Gasteiger partial charge is 0.103 e. The second-order valence-electron chi connectivity index (χ2n) is 4.67. The van der Waals surface area contributed by atoms with E-state index in [2.05, 4.69) is 56.6 Å². The van der Waals surface area contributed by atoms with Gasteiger partial charge in [0.05, 0.1) is 8.07 Å². The van der Waals surface area contributed by atoms with Crippen LogP contribution in [0.2, 0.25) is 19.1 Å². The summed E-state index contributed by atoms with van der Waals surface area (Å²) in [5, 5.41) is 1.51. The van der Waals surface area contributed by atoms with Crippen LogP contribution in [0.15, 0.2) is 55.1 Å². The van der Waals surface area contributed by atoms with Crippen LogP contribution in [0.3, 0.4) is 0 Å². The maximum Gasteiger partial charge on any atom is 0.0845 e. The van der Waals surface area contributed by atoms with E-state index >= 15 is 0 Å². The first-order chi connectivity index (χ1) is 7.06. The van der Waals surface area contributed by atoms with Crippen LogP contribution in [0, 0.1) is 0 Å². The fourth-order valence-corrected chi connectivity index (χ4v) is 4.59. The molecule has 1 heteroatoms. The minimum atomic E-state index is -1.33. The van der Waals surface area contributed by atoms with Gasteiger partial charge in [0.25, 0.3) is 0 Å². The van der Waals surface area contributed by atoms with Crippen LogP contribution >= 0.6 is 0 Å². The SMILES string of the molecule is C=CCC(=C)C[Si](C)(C)c1ccccc1. The van der Waals surface area contributed by atoms with Gasteiger partial charge in [-0.05, 0) is 12.5 Å². The number of allylic oxidation sites excluding steroid dienone is 2. The van der Waals surface area contributed by atoms with Crippen LogP contribution in [0.25, 0.3) is 0 Å². The van der Waals surface area contributed by atoms with E-state index in [0.717, 1.165) is 12.5 Å². The molecule has 0 heterocycles. The summed E-state index contributed by atoms with van der Waals surface area (Å²) < 4.78 is 0. The molecule has 0 spiro atoms. The average Bonchev–Trinajstić information content (AvgIpc) is 2.18. The highest BCUT2D eigenvalue weighted by molar-refractivity contribution is 6.90. The van der Waals surface area contributed by atoms with E-state index in [1.807, 2.05) is 6.08 Å². The normalized spacial score (nSPS) is 11.1. The highest BCUT2D eigenvalue weighted by Gasteiger charge is 2.23. The lowest BCUT2D eigenvalue weighted by Crippen LogP contribution is -2.41. The molecule has 1 rings (SSSR count). The number of benzene rings is 1. The molecule has 0 fully saturated rings. The van der Waals surface area contributed by atoms with Gasteiger partial charge >= 0.3 is 0 Å². The standard InChI is InChI=1S/C14H20Si/c1-5-9-13(2)12-15(3,4)14-10-7-6-8-11-14/h5-8,10-11H,1-2,9,12H2,3-4H3. The van der Waals surface area contributed by atoms with Crippen LogP contribution in [0.4, 0.5) is 0 Å². The molecule has 0 saturated heterocycles. The van der Waals surface area contributed by atoms with E-state index < -0.39 is 8.07 Å². The van der Waals surface area contributed by atoms with Crippen molar-refractivity contribution < 1.29 is 0 Å². The van der Waals surface area contributed by atoms with Gasteiger partial charge in [-0.1, -0.05) is 66.8 Å². The van der Waals surface area contributed by atoms with E-state index in [1.165, 1.54) is 10.8 Å². The summed E-state index contributed by atoms with van der Waals surface area (Å²) in [5.41, 5.74) is 1.31. The van der Waals surface area contributed by atoms with E-state index in [9.17, 15) is 0 Å². The van der Waals surface area contributed by atoms with E-state index in [0.29, 0.717) is 0 Å². The van der Waals surface area contributed by atoms with Crippen molar-refractivity contribution in [1.82, 2.24) is 0 Å². The lowest BCUT2D eigenvalue weighted by molar-refractivity contribution is 1.20. The maximum absolute atomic E-state index is 4.12. The average molecular weight is 216 g/mol. The lowest BCUT2D eigenvalue weighted by Gasteiger charge is -2.23. The molecule has 0 saturated carbocycles. The van der Waals surface area contributed by atoms with Gasteiger partial charge in [0.2, 0.25) is 0 Å². The molecule has 0 unspecified atom stereocenters. The van der Waals surface area contributed by atoms with Crippen molar-refractivity contribution in [2.75, 3.05) is 0 Å². The fourth-order valence-electron chi connectivity index (χ4n) is 1.89. The number of hydrogen-bond acceptors (Lipinski definition) is 0. The molecular weight excluding hydrogens is 196 g/mol. The lowest BCUT2D eigenvalue weighted by atomic mass is 10.2. The monoisotopic (exact) mass is 216 g/mol. The summed E-state index contributed by atoms with van der Waals surface area (Å²) in [7, 11) is -1.33. The minimum absolute atomic E-state index is 0.948. The molecule has 15 heavy (non-hydrogen) atoms. The second-order valence-corrected chi connectivity index (χ2v) is 9.37. The molecule has 0 nitrogen and oxygen atoms in total. The van der Waals surface area contributed by atoms with Gasteiger partial charge in [0.1, 0.15) is 0 Å². The first-order valence-electron chi connectivity index (χ1n) is 5.39. The van der Waals surface area contributed by atoms with Gasteiger partial charge in [0.15, 0.2) is 0 Å². The summed E-state index contributed by atoms with van der Waals surface area (Å²) in [6.07, 6.45) is 2.89. The quantitative estimate of drug-likeness (QED) is 0.519. The topological polar surface area (TPSA) is 0 Å². The van der Waals surface area contributed by atoms with Gasteiger partial charge in [-0.2, -0.15) is 0 Å². The Bertz CT molecular complexity index is 336. The second kappa shape index (κ2) is 5.13. The minimum Gasteiger partial charge on any atom is -0.103 e. The third-order valence-electron chi connectivity index (χ3n) is 2.68. The first-order valence-corrected chi connectivity index (χ1v) is 8.60. The van der Waals surface area contributed by atoms with Gasteiger partial charge in [-0.15, -0.1) is 6.58 Å². The van der Waals surface area contributed by atoms with Crippen LogP contribution in [-0.4, -0.2) is 8.07 Å².